The van der Waals surface area contributed by atoms with Gasteiger partial charge in [-0.1, -0.05) is 19.1 Å². The highest BCUT2D eigenvalue weighted by Crippen LogP contribution is 2.44. The third-order valence-corrected chi connectivity index (χ3v) is 1.86. The molecule has 0 saturated heterocycles. The topological polar surface area (TPSA) is 26.0 Å². The van der Waals surface area contributed by atoms with Gasteiger partial charge in [-0.05, 0) is 6.42 Å². The Morgan fingerprint density at radius 3 is 2.36 bits per heavy atom. The number of nitrogens with two attached hydrogens (primary N) is 1. The summed E-state index contributed by atoms with van der Waals surface area (Å²) < 4.78 is 24.7. The summed E-state index contributed by atoms with van der Waals surface area (Å²) in [7, 11) is 0. The molecule has 2 N–H and O–H groups in total. The summed E-state index contributed by atoms with van der Waals surface area (Å²) in [6.45, 7) is 1.96. The molecule has 3 heteroatoms. The van der Waals surface area contributed by atoms with Gasteiger partial charge >= 0.3 is 0 Å². The minimum absolute atomic E-state index is 0.198. The molecule has 0 aliphatic heterocycles. The fraction of sp³-hybridized carbons (Fsp3) is 0.750. The Balaban J connectivity index is 2.43. The average molecular weight is 161 g/mol. The summed E-state index contributed by atoms with van der Waals surface area (Å²) in [5.41, 5.74) is 4.88. The lowest BCUT2D eigenvalue weighted by Crippen LogP contribution is -2.56. The van der Waals surface area contributed by atoms with Gasteiger partial charge in [-0.15, -0.1) is 0 Å². The summed E-state index contributed by atoms with van der Waals surface area (Å²) in [5, 5.41) is 0. The van der Waals surface area contributed by atoms with E-state index in [0.29, 0.717) is 0 Å². The van der Waals surface area contributed by atoms with Gasteiger partial charge in [0.05, 0.1) is 0 Å². The van der Waals surface area contributed by atoms with E-state index in [1.54, 1.807) is 6.08 Å². The van der Waals surface area contributed by atoms with Crippen molar-refractivity contribution in [2.45, 2.75) is 37.6 Å². The largest absolute Gasteiger partial charge is 0.322 e. The van der Waals surface area contributed by atoms with Crippen LogP contribution in [0.15, 0.2) is 12.2 Å². The molecule has 0 radical (unpaired) electrons. The van der Waals surface area contributed by atoms with Crippen molar-refractivity contribution >= 4 is 0 Å². The Morgan fingerprint density at radius 2 is 2.00 bits per heavy atom. The van der Waals surface area contributed by atoms with Crippen LogP contribution in [0.4, 0.5) is 8.78 Å². The van der Waals surface area contributed by atoms with Crippen LogP contribution in [-0.2, 0) is 0 Å². The lowest BCUT2D eigenvalue weighted by molar-refractivity contribution is -0.107. The van der Waals surface area contributed by atoms with Crippen LogP contribution in [0.3, 0.4) is 0 Å². The van der Waals surface area contributed by atoms with Crippen molar-refractivity contribution in [3.8, 4) is 0 Å². The zero-order valence-corrected chi connectivity index (χ0v) is 6.61. The number of rotatable bonds is 2. The second-order valence-corrected chi connectivity index (χ2v) is 3.25. The smallest absolute Gasteiger partial charge is 0.252 e. The first kappa shape index (κ1) is 8.65. The maximum Gasteiger partial charge on any atom is 0.252 e. The molecular formula is C8H13F2N. The van der Waals surface area contributed by atoms with Crippen LogP contribution in [0, 0.1) is 0 Å². The molecule has 1 fully saturated rings. The van der Waals surface area contributed by atoms with Crippen LogP contribution in [0.25, 0.3) is 0 Å². The lowest BCUT2D eigenvalue weighted by atomic mass is 9.74. The SMILES string of the molecule is CC/C=C/C1(N)CC(F)(F)C1. The van der Waals surface area contributed by atoms with Crippen molar-refractivity contribution < 1.29 is 8.78 Å². The molecular weight excluding hydrogens is 148 g/mol. The van der Waals surface area contributed by atoms with E-state index in [2.05, 4.69) is 0 Å². The quantitative estimate of drug-likeness (QED) is 0.616. The first-order valence-electron chi connectivity index (χ1n) is 3.82. The molecule has 0 aromatic heterocycles. The van der Waals surface area contributed by atoms with Gasteiger partial charge < -0.3 is 5.73 Å². The fourth-order valence-corrected chi connectivity index (χ4v) is 1.38. The van der Waals surface area contributed by atoms with Crippen LogP contribution >= 0.6 is 0 Å². The average Bonchev–Trinajstić information content (AvgIpc) is 1.79. The Kier molecular flexibility index (Phi) is 2.01. The molecule has 1 aliphatic rings. The maximum atomic E-state index is 12.3. The van der Waals surface area contributed by atoms with Gasteiger partial charge in [0.1, 0.15) is 0 Å². The highest BCUT2D eigenvalue weighted by Gasteiger charge is 2.52. The molecule has 1 saturated carbocycles. The second kappa shape index (κ2) is 2.55. The van der Waals surface area contributed by atoms with E-state index in [9.17, 15) is 8.78 Å². The van der Waals surface area contributed by atoms with Crippen molar-refractivity contribution in [2.24, 2.45) is 5.73 Å². The fourth-order valence-electron chi connectivity index (χ4n) is 1.38. The van der Waals surface area contributed by atoms with Crippen LogP contribution < -0.4 is 5.73 Å². The van der Waals surface area contributed by atoms with Crippen molar-refractivity contribution in [2.75, 3.05) is 0 Å². The molecule has 0 bridgehead atoms. The minimum Gasteiger partial charge on any atom is -0.322 e. The first-order chi connectivity index (χ1) is 4.97. The molecule has 0 unspecified atom stereocenters. The summed E-state index contributed by atoms with van der Waals surface area (Å²) in [4.78, 5) is 0. The molecule has 11 heavy (non-hydrogen) atoms. The van der Waals surface area contributed by atoms with Gasteiger partial charge in [0.15, 0.2) is 0 Å². The van der Waals surface area contributed by atoms with Crippen molar-refractivity contribution in [1.29, 1.82) is 0 Å². The number of allylic oxidation sites excluding steroid dienone is 1. The second-order valence-electron chi connectivity index (χ2n) is 3.25. The number of alkyl halides is 2. The molecule has 0 spiro atoms. The summed E-state index contributed by atoms with van der Waals surface area (Å²) in [5.74, 6) is -2.52. The van der Waals surface area contributed by atoms with Crippen LogP contribution in [0.2, 0.25) is 0 Å². The zero-order chi connectivity index (χ0) is 8.54. The predicted molar refractivity (Wildman–Crippen MR) is 40.5 cm³/mol. The minimum atomic E-state index is -2.52. The monoisotopic (exact) mass is 161 g/mol. The van der Waals surface area contributed by atoms with E-state index in [4.69, 9.17) is 5.73 Å². The Morgan fingerprint density at radius 1 is 1.45 bits per heavy atom. The van der Waals surface area contributed by atoms with Gasteiger partial charge in [0.25, 0.3) is 5.92 Å². The summed E-state index contributed by atoms with van der Waals surface area (Å²) in [6, 6.07) is 0. The van der Waals surface area contributed by atoms with Gasteiger partial charge in [-0.25, -0.2) is 8.78 Å². The maximum absolute atomic E-state index is 12.3. The van der Waals surface area contributed by atoms with Crippen LogP contribution in [0.5, 0.6) is 0 Å². The zero-order valence-electron chi connectivity index (χ0n) is 6.61. The molecule has 0 aromatic rings. The van der Waals surface area contributed by atoms with Crippen molar-refractivity contribution in [3.05, 3.63) is 12.2 Å². The highest BCUT2D eigenvalue weighted by atomic mass is 19.3. The van der Waals surface area contributed by atoms with E-state index in [1.165, 1.54) is 0 Å². The van der Waals surface area contributed by atoms with Crippen molar-refractivity contribution in [1.82, 2.24) is 0 Å². The van der Waals surface area contributed by atoms with Gasteiger partial charge in [-0.2, -0.15) is 0 Å². The highest BCUT2D eigenvalue weighted by molar-refractivity contribution is 5.15. The van der Waals surface area contributed by atoms with Crippen LogP contribution in [-0.4, -0.2) is 11.5 Å². The normalized spacial score (nSPS) is 26.9. The molecule has 0 heterocycles. The van der Waals surface area contributed by atoms with Gasteiger partial charge in [-0.3, -0.25) is 0 Å². The molecule has 1 rings (SSSR count). The third kappa shape index (κ3) is 1.99. The van der Waals surface area contributed by atoms with E-state index in [-0.39, 0.29) is 12.8 Å². The Bertz CT molecular complexity index is 167. The standard InChI is InChI=1S/C8H13F2N/c1-2-3-4-7(11)5-8(9,10)6-7/h3-4H,2,5-6,11H2,1H3/b4-3+. The van der Waals surface area contributed by atoms with Gasteiger partial charge in [0.2, 0.25) is 0 Å². The van der Waals surface area contributed by atoms with Crippen molar-refractivity contribution in [3.63, 3.8) is 0 Å². The molecule has 0 aromatic carbocycles. The molecule has 64 valence electrons. The number of hydrogen-bond acceptors (Lipinski definition) is 1. The van der Waals surface area contributed by atoms with Crippen LogP contribution in [0.1, 0.15) is 26.2 Å². The van der Waals surface area contributed by atoms with E-state index in [1.807, 2.05) is 13.0 Å². The first-order valence-corrected chi connectivity index (χ1v) is 3.82. The number of hydrogen-bond donors (Lipinski definition) is 1. The van der Waals surface area contributed by atoms with E-state index < -0.39 is 11.5 Å². The third-order valence-electron chi connectivity index (χ3n) is 1.86. The Hall–Kier alpha value is -0.440. The Labute approximate surface area is 65.3 Å². The van der Waals surface area contributed by atoms with Gasteiger partial charge in [0, 0.05) is 18.4 Å². The molecule has 1 aliphatic carbocycles. The van der Waals surface area contributed by atoms with E-state index >= 15 is 0 Å². The predicted octanol–water partition coefficient (Wildman–Crippen LogP) is 2.08. The molecule has 0 atom stereocenters. The summed E-state index contributed by atoms with van der Waals surface area (Å²) in [6.07, 6.45) is 4.00. The summed E-state index contributed by atoms with van der Waals surface area (Å²) >= 11 is 0. The lowest BCUT2D eigenvalue weighted by Gasteiger charge is -2.42. The van der Waals surface area contributed by atoms with E-state index in [0.717, 1.165) is 6.42 Å². The molecule has 0 amide bonds. The number of halogens is 2. The molecule has 1 nitrogen and oxygen atoms in total.